The van der Waals surface area contributed by atoms with E-state index in [0.29, 0.717) is 17.7 Å². The second-order valence-corrected chi connectivity index (χ2v) is 2.65. The summed E-state index contributed by atoms with van der Waals surface area (Å²) >= 11 is 0. The van der Waals surface area contributed by atoms with Gasteiger partial charge in [0.25, 0.3) is 0 Å². The van der Waals surface area contributed by atoms with E-state index >= 15 is 0 Å². The first-order chi connectivity index (χ1) is 4.91. The van der Waals surface area contributed by atoms with Crippen LogP contribution in [0.15, 0.2) is 16.3 Å². The second kappa shape index (κ2) is 2.36. The zero-order valence-electron chi connectivity index (χ0n) is 6.29. The summed E-state index contributed by atoms with van der Waals surface area (Å²) in [4.78, 5) is 3.41. The molecule has 0 saturated carbocycles. The summed E-state index contributed by atoms with van der Waals surface area (Å²) < 4.78 is 36.1. The highest BCUT2D eigenvalue weighted by Crippen LogP contribution is 2.33. The quantitative estimate of drug-likeness (QED) is 0.520. The van der Waals surface area contributed by atoms with Crippen molar-refractivity contribution >= 4 is 5.71 Å². The highest BCUT2D eigenvalue weighted by molar-refractivity contribution is 5.87. The molecule has 11 heavy (non-hydrogen) atoms. The summed E-state index contributed by atoms with van der Waals surface area (Å²) in [7, 11) is 0. The number of hydrogen-bond acceptors (Lipinski definition) is 1. The Kier molecular flexibility index (Phi) is 1.78. The van der Waals surface area contributed by atoms with E-state index in [2.05, 4.69) is 4.99 Å². The lowest BCUT2D eigenvalue weighted by molar-refractivity contribution is -0.0927. The highest BCUT2D eigenvalue weighted by Gasteiger charge is 2.37. The molecular weight excluding hydrogens is 155 g/mol. The molecule has 0 aromatic rings. The number of alkyl halides is 3. The predicted molar refractivity (Wildman–Crippen MR) is 36.5 cm³/mol. The van der Waals surface area contributed by atoms with Gasteiger partial charge in [-0.2, -0.15) is 13.2 Å². The molecule has 0 fully saturated rings. The fraction of sp³-hybridized carbons (Fsp3) is 0.571. The van der Waals surface area contributed by atoms with Crippen LogP contribution in [0.2, 0.25) is 0 Å². The van der Waals surface area contributed by atoms with Gasteiger partial charge in [-0.25, -0.2) is 0 Å². The normalized spacial score (nSPS) is 19.2. The molecule has 0 unspecified atom stereocenters. The van der Waals surface area contributed by atoms with Gasteiger partial charge in [-0.3, -0.25) is 4.99 Å². The van der Waals surface area contributed by atoms with Crippen LogP contribution in [-0.2, 0) is 0 Å². The van der Waals surface area contributed by atoms with Crippen molar-refractivity contribution in [1.29, 1.82) is 0 Å². The maximum atomic E-state index is 12.0. The zero-order chi connectivity index (χ0) is 8.65. The van der Waals surface area contributed by atoms with E-state index in [-0.39, 0.29) is 0 Å². The van der Waals surface area contributed by atoms with Crippen LogP contribution in [0, 0.1) is 0 Å². The second-order valence-electron chi connectivity index (χ2n) is 2.65. The lowest BCUT2D eigenvalue weighted by atomic mass is 10.2. The van der Waals surface area contributed by atoms with Crippen molar-refractivity contribution in [3.63, 3.8) is 0 Å². The molecule has 0 aliphatic carbocycles. The molecule has 0 radical (unpaired) electrons. The van der Waals surface area contributed by atoms with E-state index in [1.54, 1.807) is 6.92 Å². The van der Waals surface area contributed by atoms with Crippen LogP contribution in [0.3, 0.4) is 0 Å². The Morgan fingerprint density at radius 3 is 2.00 bits per heavy atom. The van der Waals surface area contributed by atoms with Crippen molar-refractivity contribution in [1.82, 2.24) is 0 Å². The Hall–Kier alpha value is -0.800. The molecule has 0 aromatic carbocycles. The first-order valence-electron chi connectivity index (χ1n) is 3.22. The van der Waals surface area contributed by atoms with Crippen LogP contribution in [0.1, 0.15) is 20.3 Å². The number of aliphatic imine (C=N–C) groups is 1. The topological polar surface area (TPSA) is 12.4 Å². The first kappa shape index (κ1) is 8.30. The van der Waals surface area contributed by atoms with Crippen molar-refractivity contribution in [2.45, 2.75) is 26.4 Å². The summed E-state index contributed by atoms with van der Waals surface area (Å²) in [6.07, 6.45) is -3.92. The first-order valence-corrected chi connectivity index (χ1v) is 3.22. The van der Waals surface area contributed by atoms with Crippen molar-refractivity contribution in [3.05, 3.63) is 11.3 Å². The molecule has 1 aliphatic heterocycles. The number of nitrogens with zero attached hydrogens (tertiary/aromatic N) is 1. The average molecular weight is 163 g/mol. The number of allylic oxidation sites excluding steroid dienone is 2. The van der Waals surface area contributed by atoms with Gasteiger partial charge in [0.15, 0.2) is 0 Å². The van der Waals surface area contributed by atoms with E-state index < -0.39 is 11.9 Å². The van der Waals surface area contributed by atoms with Crippen molar-refractivity contribution < 1.29 is 13.2 Å². The maximum Gasteiger partial charge on any atom is 0.433 e. The minimum atomic E-state index is -4.28. The van der Waals surface area contributed by atoms with Crippen LogP contribution < -0.4 is 0 Å². The molecule has 62 valence electrons. The number of rotatable bonds is 0. The molecule has 0 amide bonds. The van der Waals surface area contributed by atoms with Crippen molar-refractivity contribution in [3.8, 4) is 0 Å². The fourth-order valence-corrected chi connectivity index (χ4v) is 1.10. The van der Waals surface area contributed by atoms with E-state index in [4.69, 9.17) is 0 Å². The summed E-state index contributed by atoms with van der Waals surface area (Å²) in [5.41, 5.74) is 0.139. The molecule has 1 rings (SSSR count). The highest BCUT2D eigenvalue weighted by atomic mass is 19.4. The Balaban J connectivity index is 2.95. The van der Waals surface area contributed by atoms with Crippen LogP contribution in [-0.4, -0.2) is 11.9 Å². The number of hydrogen-bond donors (Lipinski definition) is 0. The van der Waals surface area contributed by atoms with Gasteiger partial charge in [0.1, 0.15) is 5.70 Å². The molecule has 4 heteroatoms. The summed E-state index contributed by atoms with van der Waals surface area (Å²) in [6.45, 7) is 3.06. The smallest absolute Gasteiger partial charge is 0.253 e. The van der Waals surface area contributed by atoms with Gasteiger partial charge in [-0.05, 0) is 19.4 Å². The maximum absolute atomic E-state index is 12.0. The van der Waals surface area contributed by atoms with Crippen molar-refractivity contribution in [2.24, 2.45) is 4.99 Å². The van der Waals surface area contributed by atoms with Gasteiger partial charge in [-0.15, -0.1) is 0 Å². The molecular formula is C7H8F3N. The van der Waals surface area contributed by atoms with Gasteiger partial charge in [0.2, 0.25) is 0 Å². The van der Waals surface area contributed by atoms with Gasteiger partial charge >= 0.3 is 6.18 Å². The molecule has 0 aromatic heterocycles. The van der Waals surface area contributed by atoms with Gasteiger partial charge < -0.3 is 0 Å². The third-order valence-electron chi connectivity index (χ3n) is 1.50. The predicted octanol–water partition coefficient (Wildman–Crippen LogP) is 2.69. The molecule has 1 heterocycles. The van der Waals surface area contributed by atoms with E-state index in [1.807, 2.05) is 0 Å². The Bertz CT molecular complexity index is 235. The van der Waals surface area contributed by atoms with E-state index in [1.165, 1.54) is 6.92 Å². The van der Waals surface area contributed by atoms with Crippen LogP contribution in [0.25, 0.3) is 0 Å². The lowest BCUT2D eigenvalue weighted by Crippen LogP contribution is -2.09. The fourth-order valence-electron chi connectivity index (χ4n) is 1.10. The molecule has 1 nitrogen and oxygen atoms in total. The minimum absolute atomic E-state index is 0.315. The van der Waals surface area contributed by atoms with Crippen LogP contribution in [0.5, 0.6) is 0 Å². The molecule has 0 saturated heterocycles. The average Bonchev–Trinajstić information content (AvgIpc) is 2.08. The third kappa shape index (κ3) is 1.61. The van der Waals surface area contributed by atoms with Gasteiger partial charge in [0.05, 0.1) is 0 Å². The van der Waals surface area contributed by atoms with Crippen LogP contribution in [0.4, 0.5) is 13.2 Å². The summed E-state index contributed by atoms with van der Waals surface area (Å²) in [5.74, 6) is 0. The summed E-state index contributed by atoms with van der Waals surface area (Å²) in [5, 5.41) is 0. The largest absolute Gasteiger partial charge is 0.433 e. The molecule has 0 spiro atoms. The van der Waals surface area contributed by atoms with Crippen molar-refractivity contribution in [2.75, 3.05) is 0 Å². The third-order valence-corrected chi connectivity index (χ3v) is 1.50. The summed E-state index contributed by atoms with van der Waals surface area (Å²) in [6, 6.07) is 0. The minimum Gasteiger partial charge on any atom is -0.253 e. The monoisotopic (exact) mass is 163 g/mol. The molecule has 0 bridgehead atoms. The zero-order valence-corrected chi connectivity index (χ0v) is 6.29. The standard InChI is InChI=1S/C7H8F3N/c1-4-3-5(2)11-6(4)7(8,9)10/h3H2,1-2H3. The Morgan fingerprint density at radius 2 is 1.82 bits per heavy atom. The molecule has 1 aliphatic rings. The molecule has 0 atom stereocenters. The Labute approximate surface area is 62.6 Å². The van der Waals surface area contributed by atoms with E-state index in [0.717, 1.165) is 0 Å². The van der Waals surface area contributed by atoms with Gasteiger partial charge in [0, 0.05) is 12.1 Å². The SMILES string of the molecule is CC1=NC(C(F)(F)F)=C(C)C1. The Morgan fingerprint density at radius 1 is 1.27 bits per heavy atom. The molecule has 0 N–H and O–H groups in total. The van der Waals surface area contributed by atoms with E-state index in [9.17, 15) is 13.2 Å². The number of halogens is 3. The van der Waals surface area contributed by atoms with Crippen LogP contribution >= 0.6 is 0 Å². The lowest BCUT2D eigenvalue weighted by Gasteiger charge is -2.04. The van der Waals surface area contributed by atoms with Gasteiger partial charge in [-0.1, -0.05) is 0 Å².